The lowest BCUT2D eigenvalue weighted by Crippen LogP contribution is -2.40. The number of rotatable bonds is 4. The van der Waals surface area contributed by atoms with E-state index in [-0.39, 0.29) is 11.6 Å². The van der Waals surface area contributed by atoms with E-state index >= 15 is 0 Å². The summed E-state index contributed by atoms with van der Waals surface area (Å²) < 4.78 is 5.84. The molecule has 0 spiro atoms. The van der Waals surface area contributed by atoms with Gasteiger partial charge in [0, 0.05) is 6.92 Å². The molecule has 17 heavy (non-hydrogen) atoms. The first kappa shape index (κ1) is 18.7. The molecule has 0 radical (unpaired) electrons. The van der Waals surface area contributed by atoms with Crippen LogP contribution in [0.3, 0.4) is 0 Å². The SMILES string of the molecule is CC(=O)O.CC(C)(C)[Si](C)(C)OCC=CCO. The second-order valence-electron chi connectivity index (χ2n) is 5.24. The van der Waals surface area contributed by atoms with Crippen LogP contribution in [-0.4, -0.2) is 37.7 Å². The highest BCUT2D eigenvalue weighted by Crippen LogP contribution is 2.36. The fourth-order valence-electron chi connectivity index (χ4n) is 0.616. The van der Waals surface area contributed by atoms with E-state index in [1.54, 1.807) is 6.08 Å². The van der Waals surface area contributed by atoms with Crippen LogP contribution in [0.25, 0.3) is 0 Å². The zero-order valence-corrected chi connectivity index (χ0v) is 12.8. The molecule has 102 valence electrons. The van der Waals surface area contributed by atoms with Gasteiger partial charge in [-0.2, -0.15) is 0 Å². The number of carboxylic acid groups (broad SMARTS) is 1. The first-order valence-electron chi connectivity index (χ1n) is 5.64. The molecule has 0 fully saturated rings. The molecule has 4 nitrogen and oxygen atoms in total. The van der Waals surface area contributed by atoms with Gasteiger partial charge in [-0.05, 0) is 18.1 Å². The summed E-state index contributed by atoms with van der Waals surface area (Å²) >= 11 is 0. The Morgan fingerprint density at radius 2 is 1.71 bits per heavy atom. The Kier molecular flexibility index (Phi) is 9.29. The maximum Gasteiger partial charge on any atom is 0.300 e. The topological polar surface area (TPSA) is 66.8 Å². The molecule has 0 aliphatic heterocycles. The molecule has 0 heterocycles. The molecule has 0 aromatic carbocycles. The molecule has 0 saturated carbocycles. The Morgan fingerprint density at radius 3 is 2.00 bits per heavy atom. The van der Waals surface area contributed by atoms with E-state index in [9.17, 15) is 0 Å². The average molecular weight is 262 g/mol. The highest BCUT2D eigenvalue weighted by Gasteiger charge is 2.36. The van der Waals surface area contributed by atoms with Crippen LogP contribution in [0.4, 0.5) is 0 Å². The number of hydrogen-bond donors (Lipinski definition) is 2. The van der Waals surface area contributed by atoms with Gasteiger partial charge in [-0.1, -0.05) is 32.9 Å². The van der Waals surface area contributed by atoms with Gasteiger partial charge in [0.25, 0.3) is 5.97 Å². The number of carboxylic acids is 1. The molecule has 5 heteroatoms. The molecule has 0 aliphatic carbocycles. The maximum absolute atomic E-state index is 9.00. The van der Waals surface area contributed by atoms with Crippen LogP contribution >= 0.6 is 0 Å². The number of hydrogen-bond acceptors (Lipinski definition) is 3. The number of carbonyl (C=O) groups is 1. The van der Waals surface area contributed by atoms with Crippen molar-refractivity contribution in [2.75, 3.05) is 13.2 Å². The minimum absolute atomic E-state index is 0.0981. The molecule has 0 aromatic heterocycles. The molecule has 0 aromatic rings. The second-order valence-corrected chi connectivity index (χ2v) is 10.1. The summed E-state index contributed by atoms with van der Waals surface area (Å²) in [6, 6.07) is 0. The van der Waals surface area contributed by atoms with Gasteiger partial charge in [0.1, 0.15) is 0 Å². The third-order valence-corrected chi connectivity index (χ3v) is 7.12. The van der Waals surface area contributed by atoms with Crippen molar-refractivity contribution in [1.29, 1.82) is 0 Å². The van der Waals surface area contributed by atoms with Gasteiger partial charge in [0.15, 0.2) is 8.32 Å². The van der Waals surface area contributed by atoms with Gasteiger partial charge in [0.05, 0.1) is 13.2 Å². The van der Waals surface area contributed by atoms with Gasteiger partial charge in [0.2, 0.25) is 0 Å². The smallest absolute Gasteiger partial charge is 0.300 e. The summed E-state index contributed by atoms with van der Waals surface area (Å²) in [5, 5.41) is 16.2. The van der Waals surface area contributed by atoms with Crippen molar-refractivity contribution in [2.45, 2.75) is 45.8 Å². The molecule has 0 unspecified atom stereocenters. The maximum atomic E-state index is 9.00. The van der Waals surface area contributed by atoms with Gasteiger partial charge < -0.3 is 14.6 Å². The first-order valence-corrected chi connectivity index (χ1v) is 8.54. The van der Waals surface area contributed by atoms with Crippen molar-refractivity contribution in [2.24, 2.45) is 0 Å². The first-order chi connectivity index (χ1) is 7.54. The minimum Gasteiger partial charge on any atom is -0.481 e. The molecule has 0 bridgehead atoms. The monoisotopic (exact) mass is 262 g/mol. The minimum atomic E-state index is -1.59. The highest BCUT2D eigenvalue weighted by molar-refractivity contribution is 6.74. The van der Waals surface area contributed by atoms with Crippen molar-refractivity contribution in [1.82, 2.24) is 0 Å². The van der Waals surface area contributed by atoms with Crippen molar-refractivity contribution in [3.05, 3.63) is 12.2 Å². The molecular weight excluding hydrogens is 236 g/mol. The Hall–Kier alpha value is -0.653. The van der Waals surface area contributed by atoms with Crippen LogP contribution in [-0.2, 0) is 9.22 Å². The van der Waals surface area contributed by atoms with E-state index in [1.165, 1.54) is 0 Å². The van der Waals surface area contributed by atoms with Crippen LogP contribution in [0, 0.1) is 0 Å². The highest BCUT2D eigenvalue weighted by atomic mass is 28.4. The van der Waals surface area contributed by atoms with Gasteiger partial charge in [-0.3, -0.25) is 4.79 Å². The largest absolute Gasteiger partial charge is 0.481 e. The summed E-state index contributed by atoms with van der Waals surface area (Å²) in [5.74, 6) is -0.833. The predicted octanol–water partition coefficient (Wildman–Crippen LogP) is 2.65. The van der Waals surface area contributed by atoms with Crippen LogP contribution in [0.1, 0.15) is 27.7 Å². The Balaban J connectivity index is 0. The zero-order chi connectivity index (χ0) is 14.1. The van der Waals surface area contributed by atoms with E-state index in [2.05, 4.69) is 33.9 Å². The molecule has 0 amide bonds. The summed E-state index contributed by atoms with van der Waals surface area (Å²) in [4.78, 5) is 9.00. The molecule has 0 aliphatic rings. The second kappa shape index (κ2) is 8.44. The Morgan fingerprint density at radius 1 is 1.29 bits per heavy atom. The van der Waals surface area contributed by atoms with Gasteiger partial charge in [-0.25, -0.2) is 0 Å². The van der Waals surface area contributed by atoms with Crippen molar-refractivity contribution >= 4 is 14.3 Å². The van der Waals surface area contributed by atoms with E-state index in [4.69, 9.17) is 19.4 Å². The molecule has 0 rings (SSSR count). The molecular formula is C12H26O4Si. The van der Waals surface area contributed by atoms with Gasteiger partial charge >= 0.3 is 0 Å². The summed E-state index contributed by atoms with van der Waals surface area (Å²) in [7, 11) is -1.59. The quantitative estimate of drug-likeness (QED) is 0.604. The fourth-order valence-corrected chi connectivity index (χ4v) is 1.56. The van der Waals surface area contributed by atoms with E-state index < -0.39 is 14.3 Å². The van der Waals surface area contributed by atoms with Crippen LogP contribution in [0.2, 0.25) is 18.1 Å². The summed E-state index contributed by atoms with van der Waals surface area (Å²) in [6.45, 7) is 12.9. The van der Waals surface area contributed by atoms with Gasteiger partial charge in [-0.15, -0.1) is 0 Å². The van der Waals surface area contributed by atoms with Crippen LogP contribution < -0.4 is 0 Å². The lowest BCUT2D eigenvalue weighted by atomic mass is 10.2. The standard InChI is InChI=1S/C10H22O2Si.C2H4O2/c1-10(2,3)13(4,5)12-9-7-6-8-11;1-2(3)4/h6-7,11H,8-9H2,1-5H3;1H3,(H,3,4). The van der Waals surface area contributed by atoms with Crippen LogP contribution in [0.5, 0.6) is 0 Å². The summed E-state index contributed by atoms with van der Waals surface area (Å²) in [5.41, 5.74) is 0. The lowest BCUT2D eigenvalue weighted by molar-refractivity contribution is -0.134. The Labute approximate surface area is 105 Å². The van der Waals surface area contributed by atoms with Crippen molar-refractivity contribution in [3.63, 3.8) is 0 Å². The molecule has 0 atom stereocenters. The normalized spacial score (nSPS) is 12.2. The van der Waals surface area contributed by atoms with E-state index in [1.807, 2.05) is 6.08 Å². The average Bonchev–Trinajstić information content (AvgIpc) is 2.09. The van der Waals surface area contributed by atoms with Crippen LogP contribution in [0.15, 0.2) is 12.2 Å². The third kappa shape index (κ3) is 11.6. The number of aliphatic hydroxyl groups is 1. The van der Waals surface area contributed by atoms with E-state index in [0.717, 1.165) is 6.92 Å². The van der Waals surface area contributed by atoms with E-state index in [0.29, 0.717) is 6.61 Å². The molecule has 2 N–H and O–H groups in total. The zero-order valence-electron chi connectivity index (χ0n) is 11.8. The predicted molar refractivity (Wildman–Crippen MR) is 72.7 cm³/mol. The van der Waals surface area contributed by atoms with Crippen molar-refractivity contribution in [3.8, 4) is 0 Å². The van der Waals surface area contributed by atoms with Crippen molar-refractivity contribution < 1.29 is 19.4 Å². The Bertz CT molecular complexity index is 237. The number of aliphatic carboxylic acids is 1. The summed E-state index contributed by atoms with van der Waals surface area (Å²) in [6.07, 6.45) is 3.59. The number of aliphatic hydroxyl groups excluding tert-OH is 1. The third-order valence-electron chi connectivity index (χ3n) is 2.62. The molecule has 0 saturated heterocycles. The lowest BCUT2D eigenvalue weighted by Gasteiger charge is -2.35. The fraction of sp³-hybridized carbons (Fsp3) is 0.750.